The molecule has 0 saturated carbocycles. The smallest absolute Gasteiger partial charge is 0.340 e. The SMILES string of the molecule is CNC.Cc1c(Cc2cccc(N)c2)c(=O)oc2cc(-c3ccccc3)ccc12. The number of anilines is 1. The lowest BCUT2D eigenvalue weighted by Crippen LogP contribution is -2.11. The number of nitrogens with two attached hydrogens (primary N) is 1. The van der Waals surface area contributed by atoms with Crippen molar-refractivity contribution in [3.63, 3.8) is 0 Å². The van der Waals surface area contributed by atoms with Gasteiger partial charge in [0.25, 0.3) is 0 Å². The highest BCUT2D eigenvalue weighted by Gasteiger charge is 2.13. The van der Waals surface area contributed by atoms with Gasteiger partial charge in [-0.2, -0.15) is 0 Å². The number of aryl methyl sites for hydroxylation is 1. The van der Waals surface area contributed by atoms with Crippen LogP contribution in [0.25, 0.3) is 22.1 Å². The second-order valence-corrected chi connectivity index (χ2v) is 6.99. The van der Waals surface area contributed by atoms with Crippen molar-refractivity contribution in [2.45, 2.75) is 13.3 Å². The van der Waals surface area contributed by atoms with Crippen molar-refractivity contribution < 1.29 is 4.42 Å². The van der Waals surface area contributed by atoms with Crippen molar-refractivity contribution in [3.8, 4) is 11.1 Å². The molecule has 0 aliphatic rings. The predicted molar refractivity (Wildman–Crippen MR) is 121 cm³/mol. The lowest BCUT2D eigenvalue weighted by molar-refractivity contribution is 0.551. The summed E-state index contributed by atoms with van der Waals surface area (Å²) in [5.74, 6) is 0. The molecule has 4 aromatic rings. The largest absolute Gasteiger partial charge is 0.422 e. The molecule has 0 bridgehead atoms. The van der Waals surface area contributed by atoms with Crippen LogP contribution in [-0.4, -0.2) is 14.1 Å². The first-order valence-electron chi connectivity index (χ1n) is 9.58. The Morgan fingerprint density at radius 2 is 1.62 bits per heavy atom. The van der Waals surface area contributed by atoms with E-state index >= 15 is 0 Å². The first-order valence-corrected chi connectivity index (χ1v) is 9.58. The summed E-state index contributed by atoms with van der Waals surface area (Å²) >= 11 is 0. The molecule has 0 spiro atoms. The van der Waals surface area contributed by atoms with Gasteiger partial charge in [0.1, 0.15) is 5.58 Å². The van der Waals surface area contributed by atoms with Crippen molar-refractivity contribution in [1.82, 2.24) is 5.32 Å². The Bertz CT molecular complexity index is 1160. The number of fused-ring (bicyclic) bond motifs is 1. The molecular weight excluding hydrogens is 360 g/mol. The van der Waals surface area contributed by atoms with E-state index in [1.165, 1.54) is 0 Å². The van der Waals surface area contributed by atoms with Gasteiger partial charge in [0.2, 0.25) is 0 Å². The van der Waals surface area contributed by atoms with E-state index in [1.807, 2.05) is 87.7 Å². The second-order valence-electron chi connectivity index (χ2n) is 6.99. The molecule has 4 heteroatoms. The van der Waals surface area contributed by atoms with Gasteiger partial charge in [-0.25, -0.2) is 4.79 Å². The molecule has 4 rings (SSSR count). The fraction of sp³-hybridized carbons (Fsp3) is 0.160. The van der Waals surface area contributed by atoms with E-state index in [-0.39, 0.29) is 5.63 Å². The number of nitrogens with one attached hydrogen (secondary N) is 1. The van der Waals surface area contributed by atoms with Crippen LogP contribution in [-0.2, 0) is 6.42 Å². The molecule has 0 aliphatic heterocycles. The van der Waals surface area contributed by atoms with Crippen LogP contribution in [0.3, 0.4) is 0 Å². The summed E-state index contributed by atoms with van der Waals surface area (Å²) in [5.41, 5.74) is 11.6. The number of rotatable bonds is 3. The number of benzene rings is 3. The van der Waals surface area contributed by atoms with E-state index in [0.29, 0.717) is 23.3 Å². The first kappa shape index (κ1) is 20.4. The van der Waals surface area contributed by atoms with E-state index in [9.17, 15) is 4.79 Å². The molecule has 0 aliphatic carbocycles. The van der Waals surface area contributed by atoms with E-state index < -0.39 is 0 Å². The maximum Gasteiger partial charge on any atom is 0.340 e. The highest BCUT2D eigenvalue weighted by atomic mass is 16.4. The lowest BCUT2D eigenvalue weighted by atomic mass is 9.97. The molecule has 1 aromatic heterocycles. The van der Waals surface area contributed by atoms with E-state index in [0.717, 1.165) is 27.6 Å². The summed E-state index contributed by atoms with van der Waals surface area (Å²) in [4.78, 5) is 12.6. The Kier molecular flexibility index (Phi) is 6.47. The van der Waals surface area contributed by atoms with E-state index in [2.05, 4.69) is 11.4 Å². The van der Waals surface area contributed by atoms with Crippen LogP contribution in [0.1, 0.15) is 16.7 Å². The van der Waals surface area contributed by atoms with Crippen LogP contribution < -0.4 is 16.7 Å². The maximum absolute atomic E-state index is 12.6. The van der Waals surface area contributed by atoms with Crippen LogP contribution in [0.2, 0.25) is 0 Å². The Morgan fingerprint density at radius 1 is 0.897 bits per heavy atom. The molecule has 0 amide bonds. The quantitative estimate of drug-likeness (QED) is 0.393. The molecule has 4 nitrogen and oxygen atoms in total. The fourth-order valence-electron chi connectivity index (χ4n) is 3.32. The van der Waals surface area contributed by atoms with Gasteiger partial charge in [0, 0.05) is 23.1 Å². The summed E-state index contributed by atoms with van der Waals surface area (Å²) in [6.45, 7) is 1.98. The summed E-state index contributed by atoms with van der Waals surface area (Å²) in [6, 6.07) is 23.7. The van der Waals surface area contributed by atoms with Crippen molar-refractivity contribution >= 4 is 16.7 Å². The highest BCUT2D eigenvalue weighted by molar-refractivity contribution is 5.85. The molecule has 0 radical (unpaired) electrons. The topological polar surface area (TPSA) is 68.3 Å². The molecule has 0 fully saturated rings. The van der Waals surface area contributed by atoms with Crippen LogP contribution in [0.4, 0.5) is 5.69 Å². The standard InChI is InChI=1S/C23H19NO2.C2H7N/c1-15-20-11-10-18(17-7-3-2-4-8-17)14-22(20)26-23(25)21(15)13-16-6-5-9-19(24)12-16;1-3-2/h2-12,14H,13,24H2,1H3;3H,1-2H3. The molecule has 3 N–H and O–H groups in total. The summed E-state index contributed by atoms with van der Waals surface area (Å²) in [5, 5.41) is 3.71. The van der Waals surface area contributed by atoms with Gasteiger partial charge in [0.15, 0.2) is 0 Å². The number of nitrogen functional groups attached to an aromatic ring is 1. The Labute approximate surface area is 171 Å². The number of hydrogen-bond donors (Lipinski definition) is 2. The van der Waals surface area contributed by atoms with Gasteiger partial charge in [-0.15, -0.1) is 0 Å². The van der Waals surface area contributed by atoms with Crippen molar-refractivity contribution in [3.05, 3.63) is 99.9 Å². The average Bonchev–Trinajstić information content (AvgIpc) is 2.72. The van der Waals surface area contributed by atoms with Crippen molar-refractivity contribution in [2.75, 3.05) is 19.8 Å². The molecule has 0 unspecified atom stereocenters. The summed E-state index contributed by atoms with van der Waals surface area (Å²) in [6.07, 6.45) is 0.510. The zero-order chi connectivity index (χ0) is 20.8. The minimum Gasteiger partial charge on any atom is -0.422 e. The molecule has 148 valence electrons. The second kappa shape index (κ2) is 9.22. The third-order valence-corrected chi connectivity index (χ3v) is 4.73. The van der Waals surface area contributed by atoms with Gasteiger partial charge in [-0.05, 0) is 61.5 Å². The minimum atomic E-state index is -0.289. The van der Waals surface area contributed by atoms with Crippen LogP contribution in [0, 0.1) is 6.92 Å². The van der Waals surface area contributed by atoms with Crippen molar-refractivity contribution in [1.29, 1.82) is 0 Å². The lowest BCUT2D eigenvalue weighted by Gasteiger charge is -2.10. The minimum absolute atomic E-state index is 0.289. The predicted octanol–water partition coefficient (Wildman–Crippen LogP) is 4.78. The zero-order valence-corrected chi connectivity index (χ0v) is 17.0. The third kappa shape index (κ3) is 4.73. The molecular formula is C25H26N2O2. The third-order valence-electron chi connectivity index (χ3n) is 4.73. The molecule has 0 atom stereocenters. The molecule has 1 heterocycles. The Morgan fingerprint density at radius 3 is 2.31 bits per heavy atom. The molecule has 29 heavy (non-hydrogen) atoms. The zero-order valence-electron chi connectivity index (χ0n) is 17.0. The first-order chi connectivity index (χ1) is 14.0. The monoisotopic (exact) mass is 386 g/mol. The van der Waals surface area contributed by atoms with Crippen LogP contribution in [0.15, 0.2) is 82.0 Å². The number of hydrogen-bond acceptors (Lipinski definition) is 4. The maximum atomic E-state index is 12.6. The van der Waals surface area contributed by atoms with Gasteiger partial charge >= 0.3 is 5.63 Å². The van der Waals surface area contributed by atoms with E-state index in [1.54, 1.807) is 0 Å². The van der Waals surface area contributed by atoms with Crippen LogP contribution >= 0.6 is 0 Å². The molecule has 3 aromatic carbocycles. The highest BCUT2D eigenvalue weighted by Crippen LogP contribution is 2.27. The van der Waals surface area contributed by atoms with Crippen molar-refractivity contribution in [2.24, 2.45) is 0 Å². The normalized spacial score (nSPS) is 10.4. The van der Waals surface area contributed by atoms with Crippen LogP contribution in [0.5, 0.6) is 0 Å². The van der Waals surface area contributed by atoms with E-state index in [4.69, 9.17) is 10.2 Å². The van der Waals surface area contributed by atoms with Gasteiger partial charge < -0.3 is 15.5 Å². The van der Waals surface area contributed by atoms with Gasteiger partial charge in [-0.1, -0.05) is 54.6 Å². The Hall–Kier alpha value is -3.37. The summed E-state index contributed by atoms with van der Waals surface area (Å²) in [7, 11) is 3.75. The summed E-state index contributed by atoms with van der Waals surface area (Å²) < 4.78 is 5.65. The Balaban J connectivity index is 0.000000755. The van der Waals surface area contributed by atoms with Gasteiger partial charge in [0.05, 0.1) is 0 Å². The average molecular weight is 386 g/mol. The fourth-order valence-corrected chi connectivity index (χ4v) is 3.32. The van der Waals surface area contributed by atoms with Gasteiger partial charge in [-0.3, -0.25) is 0 Å². The molecule has 0 saturated heterocycles.